The molecule has 4 rings (SSSR count). The number of furan rings is 1. The Bertz CT molecular complexity index is 902. The second-order valence-corrected chi connectivity index (χ2v) is 6.86. The zero-order chi connectivity index (χ0) is 19.5. The highest BCUT2D eigenvalue weighted by atomic mass is 35.5. The molecule has 0 atom stereocenters. The van der Waals surface area contributed by atoms with Gasteiger partial charge in [0.15, 0.2) is 17.3 Å². The summed E-state index contributed by atoms with van der Waals surface area (Å²) in [5.74, 6) is 1.16. The van der Waals surface area contributed by atoms with Crippen LogP contribution in [-0.2, 0) is 4.79 Å². The van der Waals surface area contributed by atoms with Crippen LogP contribution in [0.15, 0.2) is 41.0 Å². The number of carbonyl (C=O) groups excluding carboxylic acids is 2. The normalized spacial score (nSPS) is 16.5. The number of benzene rings is 1. The van der Waals surface area contributed by atoms with Crippen LogP contribution in [0.3, 0.4) is 0 Å². The van der Waals surface area contributed by atoms with E-state index in [-0.39, 0.29) is 11.8 Å². The third-order valence-corrected chi connectivity index (χ3v) is 4.93. The van der Waals surface area contributed by atoms with E-state index in [1.165, 1.54) is 12.3 Å². The largest absolute Gasteiger partial charge is 0.486 e. The summed E-state index contributed by atoms with van der Waals surface area (Å²) in [6.07, 6.45) is 4.68. The fraction of sp³-hybridized carbons (Fsp3) is 0.300. The molecule has 1 aromatic carbocycles. The number of carbonyl (C=O) groups is 2. The third kappa shape index (κ3) is 3.84. The molecular formula is C20H19ClN2O5. The van der Waals surface area contributed by atoms with Crippen LogP contribution in [0.1, 0.15) is 16.1 Å². The van der Waals surface area contributed by atoms with Crippen LogP contribution in [0, 0.1) is 0 Å². The highest BCUT2D eigenvalue weighted by Gasteiger charge is 2.25. The lowest BCUT2D eigenvalue weighted by Crippen LogP contribution is -2.50. The molecule has 3 heterocycles. The molecule has 0 unspecified atom stereocenters. The van der Waals surface area contributed by atoms with Crippen LogP contribution in [0.4, 0.5) is 0 Å². The average Bonchev–Trinajstić information content (AvgIpc) is 3.26. The maximum absolute atomic E-state index is 12.5. The molecule has 28 heavy (non-hydrogen) atoms. The molecule has 7 nitrogen and oxygen atoms in total. The maximum Gasteiger partial charge on any atom is 0.289 e. The summed E-state index contributed by atoms with van der Waals surface area (Å²) < 4.78 is 16.2. The van der Waals surface area contributed by atoms with Crippen LogP contribution in [-0.4, -0.2) is 61.0 Å². The number of fused-ring (bicyclic) bond motifs is 1. The van der Waals surface area contributed by atoms with Gasteiger partial charge in [-0.05, 0) is 35.9 Å². The second kappa shape index (κ2) is 7.98. The van der Waals surface area contributed by atoms with Crippen LogP contribution in [0.25, 0.3) is 6.08 Å². The Morgan fingerprint density at radius 3 is 2.54 bits per heavy atom. The first-order valence-electron chi connectivity index (χ1n) is 9.01. The van der Waals surface area contributed by atoms with E-state index in [2.05, 4.69) is 0 Å². The Morgan fingerprint density at radius 2 is 1.79 bits per heavy atom. The first-order valence-corrected chi connectivity index (χ1v) is 9.38. The van der Waals surface area contributed by atoms with Crippen molar-refractivity contribution in [3.05, 3.63) is 53.0 Å². The molecule has 1 aromatic heterocycles. The maximum atomic E-state index is 12.5. The Balaban J connectivity index is 1.36. The van der Waals surface area contributed by atoms with E-state index in [1.807, 2.05) is 0 Å². The number of piperazine rings is 1. The molecule has 2 aliphatic heterocycles. The average molecular weight is 403 g/mol. The number of amides is 2. The number of hydrogen-bond acceptors (Lipinski definition) is 5. The molecule has 8 heteroatoms. The molecule has 0 spiro atoms. The Labute approximate surface area is 167 Å². The number of hydrogen-bond donors (Lipinski definition) is 0. The minimum absolute atomic E-state index is 0.115. The predicted octanol–water partition coefficient (Wildman–Crippen LogP) is 2.70. The Hall–Kier alpha value is -2.93. The van der Waals surface area contributed by atoms with E-state index >= 15 is 0 Å². The number of rotatable bonds is 3. The van der Waals surface area contributed by atoms with E-state index in [0.717, 1.165) is 5.56 Å². The molecule has 1 saturated heterocycles. The van der Waals surface area contributed by atoms with Gasteiger partial charge >= 0.3 is 0 Å². The Kier molecular flexibility index (Phi) is 5.25. The number of nitrogens with zero attached hydrogens (tertiary/aromatic N) is 2. The summed E-state index contributed by atoms with van der Waals surface area (Å²) >= 11 is 6.22. The molecule has 0 aliphatic carbocycles. The van der Waals surface area contributed by atoms with Gasteiger partial charge in [0.05, 0.1) is 11.3 Å². The Morgan fingerprint density at radius 1 is 1.04 bits per heavy atom. The summed E-state index contributed by atoms with van der Waals surface area (Å²) in [4.78, 5) is 28.2. The standard InChI is InChI=1S/C20H19ClN2O5/c21-15-12-14(13-17-19(15)28-11-10-27-17)3-4-18(24)22-5-7-23(8-6-22)20(25)16-2-1-9-26-16/h1-4,9,12-13H,5-8,10-11H2/b4-3+. The second-order valence-electron chi connectivity index (χ2n) is 6.46. The zero-order valence-corrected chi connectivity index (χ0v) is 15.9. The van der Waals surface area contributed by atoms with Crippen molar-refractivity contribution in [2.75, 3.05) is 39.4 Å². The van der Waals surface area contributed by atoms with E-state index < -0.39 is 0 Å². The van der Waals surface area contributed by atoms with Gasteiger partial charge in [0.2, 0.25) is 5.91 Å². The van der Waals surface area contributed by atoms with Crippen molar-refractivity contribution in [2.24, 2.45) is 0 Å². The minimum Gasteiger partial charge on any atom is -0.486 e. The van der Waals surface area contributed by atoms with Gasteiger partial charge in [-0.15, -0.1) is 0 Å². The summed E-state index contributed by atoms with van der Waals surface area (Å²) in [6, 6.07) is 6.85. The minimum atomic E-state index is -0.154. The number of halogens is 1. The van der Waals surface area contributed by atoms with Crippen molar-refractivity contribution < 1.29 is 23.5 Å². The smallest absolute Gasteiger partial charge is 0.289 e. The first kappa shape index (κ1) is 18.4. The SMILES string of the molecule is O=C(/C=C/c1cc(Cl)c2c(c1)OCCO2)N1CCN(C(=O)c2ccco2)CC1. The summed E-state index contributed by atoms with van der Waals surface area (Å²) in [5.41, 5.74) is 0.759. The highest BCUT2D eigenvalue weighted by molar-refractivity contribution is 6.32. The topological polar surface area (TPSA) is 72.2 Å². The van der Waals surface area contributed by atoms with Gasteiger partial charge in [0, 0.05) is 32.3 Å². The molecule has 146 valence electrons. The predicted molar refractivity (Wildman–Crippen MR) is 103 cm³/mol. The van der Waals surface area contributed by atoms with Gasteiger partial charge in [0.1, 0.15) is 13.2 Å². The fourth-order valence-electron chi connectivity index (χ4n) is 3.19. The van der Waals surface area contributed by atoms with Gasteiger partial charge in [-0.25, -0.2) is 0 Å². The van der Waals surface area contributed by atoms with Crippen molar-refractivity contribution in [1.29, 1.82) is 0 Å². The molecule has 0 N–H and O–H groups in total. The van der Waals surface area contributed by atoms with Crippen molar-refractivity contribution in [3.63, 3.8) is 0 Å². The van der Waals surface area contributed by atoms with Crippen LogP contribution < -0.4 is 9.47 Å². The van der Waals surface area contributed by atoms with Gasteiger partial charge in [0.25, 0.3) is 5.91 Å². The first-order chi connectivity index (χ1) is 13.6. The summed E-state index contributed by atoms with van der Waals surface area (Å²) in [7, 11) is 0. The molecule has 2 amide bonds. The summed E-state index contributed by atoms with van der Waals surface area (Å²) in [5, 5.41) is 0.453. The molecule has 0 bridgehead atoms. The van der Waals surface area contributed by atoms with E-state index in [0.29, 0.717) is 61.7 Å². The molecule has 2 aliphatic rings. The van der Waals surface area contributed by atoms with Crippen molar-refractivity contribution >= 4 is 29.5 Å². The van der Waals surface area contributed by atoms with Gasteiger partial charge in [-0.2, -0.15) is 0 Å². The zero-order valence-electron chi connectivity index (χ0n) is 15.1. The lowest BCUT2D eigenvalue weighted by Gasteiger charge is -2.33. The van der Waals surface area contributed by atoms with E-state index in [1.54, 1.807) is 40.1 Å². The van der Waals surface area contributed by atoms with Crippen LogP contribution in [0.5, 0.6) is 11.5 Å². The van der Waals surface area contributed by atoms with Crippen molar-refractivity contribution in [3.8, 4) is 11.5 Å². The van der Waals surface area contributed by atoms with Crippen molar-refractivity contribution in [2.45, 2.75) is 0 Å². The fourth-order valence-corrected chi connectivity index (χ4v) is 3.46. The van der Waals surface area contributed by atoms with Crippen LogP contribution in [0.2, 0.25) is 5.02 Å². The lowest BCUT2D eigenvalue weighted by atomic mass is 10.1. The summed E-state index contributed by atoms with van der Waals surface area (Å²) in [6.45, 7) is 2.81. The monoisotopic (exact) mass is 402 g/mol. The molecule has 0 saturated carbocycles. The van der Waals surface area contributed by atoms with E-state index in [9.17, 15) is 9.59 Å². The van der Waals surface area contributed by atoms with E-state index in [4.69, 9.17) is 25.5 Å². The molecular weight excluding hydrogens is 384 g/mol. The quantitative estimate of drug-likeness (QED) is 0.738. The lowest BCUT2D eigenvalue weighted by molar-refractivity contribution is -0.127. The van der Waals surface area contributed by atoms with Gasteiger partial charge in [-0.3, -0.25) is 9.59 Å². The highest BCUT2D eigenvalue weighted by Crippen LogP contribution is 2.38. The van der Waals surface area contributed by atoms with Crippen LogP contribution >= 0.6 is 11.6 Å². The van der Waals surface area contributed by atoms with Crippen molar-refractivity contribution in [1.82, 2.24) is 9.80 Å². The molecule has 0 radical (unpaired) electrons. The van der Waals surface area contributed by atoms with Gasteiger partial charge in [-0.1, -0.05) is 11.6 Å². The van der Waals surface area contributed by atoms with Gasteiger partial charge < -0.3 is 23.7 Å². The molecule has 2 aromatic rings. The molecule has 1 fully saturated rings. The third-order valence-electron chi connectivity index (χ3n) is 4.65. The number of ether oxygens (including phenoxy) is 2.